The fourth-order valence-electron chi connectivity index (χ4n) is 1.61. The summed E-state index contributed by atoms with van der Waals surface area (Å²) in [7, 11) is 0. The second-order valence-electron chi connectivity index (χ2n) is 5.41. The summed E-state index contributed by atoms with van der Waals surface area (Å²) in [4.78, 5) is 22.4. The van der Waals surface area contributed by atoms with Crippen molar-refractivity contribution in [3.63, 3.8) is 0 Å². The van der Waals surface area contributed by atoms with Gasteiger partial charge < -0.3 is 15.7 Å². The van der Waals surface area contributed by atoms with Gasteiger partial charge in [0.05, 0.1) is 0 Å². The first-order valence-corrected chi connectivity index (χ1v) is 6.72. The molecule has 0 aliphatic carbocycles. The molecule has 0 unspecified atom stereocenters. The molecule has 5 heteroatoms. The fraction of sp³-hybridized carbons (Fsp3) is 0.467. The van der Waals surface area contributed by atoms with E-state index >= 15 is 0 Å². The number of aryl methyl sites for hydroxylation is 1. The molecule has 0 saturated heterocycles. The minimum Gasteiger partial charge on any atom is -0.481 e. The molecule has 1 aromatic carbocycles. The minimum absolute atomic E-state index is 0.0819. The zero-order valence-electron chi connectivity index (χ0n) is 12.2. The monoisotopic (exact) mass is 278 g/mol. The first-order chi connectivity index (χ1) is 9.32. The molecule has 110 valence electrons. The maximum absolute atomic E-state index is 11.8. The van der Waals surface area contributed by atoms with Crippen LogP contribution in [-0.4, -0.2) is 22.6 Å². The van der Waals surface area contributed by atoms with E-state index in [-0.39, 0.29) is 18.0 Å². The minimum atomic E-state index is -0.828. The summed E-state index contributed by atoms with van der Waals surface area (Å²) in [5.41, 5.74) is 1.29. The van der Waals surface area contributed by atoms with Crippen molar-refractivity contribution in [2.75, 3.05) is 5.32 Å². The predicted octanol–water partition coefficient (Wildman–Crippen LogP) is 3.01. The first-order valence-electron chi connectivity index (χ1n) is 6.72. The van der Waals surface area contributed by atoms with Crippen LogP contribution in [0, 0.1) is 0 Å². The quantitative estimate of drug-likeness (QED) is 0.748. The summed E-state index contributed by atoms with van der Waals surface area (Å²) in [6, 6.07) is 6.97. The van der Waals surface area contributed by atoms with Crippen molar-refractivity contribution in [3.8, 4) is 0 Å². The van der Waals surface area contributed by atoms with Gasteiger partial charge in [-0.2, -0.15) is 0 Å². The van der Waals surface area contributed by atoms with Crippen LogP contribution in [0.4, 0.5) is 10.5 Å². The molecular weight excluding hydrogens is 256 g/mol. The fourth-order valence-corrected chi connectivity index (χ4v) is 1.61. The maximum Gasteiger partial charge on any atom is 0.319 e. The lowest BCUT2D eigenvalue weighted by atomic mass is 10.0. The molecule has 0 heterocycles. The van der Waals surface area contributed by atoms with Gasteiger partial charge in [0.25, 0.3) is 0 Å². The summed E-state index contributed by atoms with van der Waals surface area (Å²) < 4.78 is 0. The molecule has 0 fully saturated rings. The number of hydrogen-bond acceptors (Lipinski definition) is 2. The number of amides is 2. The van der Waals surface area contributed by atoms with E-state index in [1.54, 1.807) is 18.2 Å². The van der Waals surface area contributed by atoms with Gasteiger partial charge in [0.1, 0.15) is 0 Å². The molecule has 1 aromatic rings. The maximum atomic E-state index is 11.8. The smallest absolute Gasteiger partial charge is 0.319 e. The number of benzene rings is 1. The highest BCUT2D eigenvalue weighted by Gasteiger charge is 2.17. The van der Waals surface area contributed by atoms with E-state index in [0.29, 0.717) is 12.1 Å². The van der Waals surface area contributed by atoms with Gasteiger partial charge in [0.2, 0.25) is 0 Å². The van der Waals surface area contributed by atoms with Crippen LogP contribution < -0.4 is 10.6 Å². The lowest BCUT2D eigenvalue weighted by Gasteiger charge is -2.24. The van der Waals surface area contributed by atoms with E-state index in [9.17, 15) is 9.59 Å². The van der Waals surface area contributed by atoms with Crippen molar-refractivity contribution in [2.24, 2.45) is 0 Å². The van der Waals surface area contributed by atoms with E-state index < -0.39 is 5.97 Å². The summed E-state index contributed by atoms with van der Waals surface area (Å²) in [6.45, 7) is 5.92. The summed E-state index contributed by atoms with van der Waals surface area (Å²) in [5.74, 6) is -0.828. The van der Waals surface area contributed by atoms with Crippen molar-refractivity contribution in [1.29, 1.82) is 0 Å². The number of urea groups is 1. The third-order valence-electron chi connectivity index (χ3n) is 3.15. The largest absolute Gasteiger partial charge is 0.481 e. The SMILES string of the molecule is CCC(C)(C)NC(=O)Nc1cccc(CCC(=O)O)c1. The van der Waals surface area contributed by atoms with Crippen molar-refractivity contribution in [1.82, 2.24) is 5.32 Å². The van der Waals surface area contributed by atoms with Gasteiger partial charge in [-0.15, -0.1) is 0 Å². The second kappa shape index (κ2) is 6.93. The summed E-state index contributed by atoms with van der Waals surface area (Å²) in [5, 5.41) is 14.3. The highest BCUT2D eigenvalue weighted by Crippen LogP contribution is 2.13. The Bertz CT molecular complexity index is 484. The molecule has 0 aromatic heterocycles. The molecule has 3 N–H and O–H groups in total. The van der Waals surface area contributed by atoms with Crippen LogP contribution in [0.25, 0.3) is 0 Å². The van der Waals surface area contributed by atoms with Gasteiger partial charge in [-0.3, -0.25) is 4.79 Å². The number of carboxylic acids is 1. The van der Waals surface area contributed by atoms with E-state index in [0.717, 1.165) is 12.0 Å². The Morgan fingerprint density at radius 3 is 2.60 bits per heavy atom. The molecule has 5 nitrogen and oxygen atoms in total. The van der Waals surface area contributed by atoms with Crippen LogP contribution in [0.3, 0.4) is 0 Å². The van der Waals surface area contributed by atoms with E-state index in [2.05, 4.69) is 10.6 Å². The molecule has 0 spiro atoms. The third-order valence-corrected chi connectivity index (χ3v) is 3.15. The number of carboxylic acid groups (broad SMARTS) is 1. The number of aliphatic carboxylic acids is 1. The van der Waals surface area contributed by atoms with Crippen molar-refractivity contribution >= 4 is 17.7 Å². The van der Waals surface area contributed by atoms with Crippen LogP contribution in [0.15, 0.2) is 24.3 Å². The predicted molar refractivity (Wildman–Crippen MR) is 78.9 cm³/mol. The topological polar surface area (TPSA) is 78.4 Å². The molecule has 20 heavy (non-hydrogen) atoms. The average Bonchev–Trinajstić information content (AvgIpc) is 2.36. The van der Waals surface area contributed by atoms with Crippen LogP contribution in [0.1, 0.15) is 39.2 Å². The molecule has 0 bridgehead atoms. The molecule has 0 aliphatic rings. The zero-order valence-corrected chi connectivity index (χ0v) is 12.2. The summed E-state index contributed by atoms with van der Waals surface area (Å²) >= 11 is 0. The Morgan fingerprint density at radius 1 is 1.30 bits per heavy atom. The second-order valence-corrected chi connectivity index (χ2v) is 5.41. The van der Waals surface area contributed by atoms with Crippen LogP contribution in [-0.2, 0) is 11.2 Å². The number of rotatable bonds is 6. The van der Waals surface area contributed by atoms with Crippen molar-refractivity contribution < 1.29 is 14.7 Å². The number of hydrogen-bond donors (Lipinski definition) is 3. The van der Waals surface area contributed by atoms with Gasteiger partial charge in [0.15, 0.2) is 0 Å². The highest BCUT2D eigenvalue weighted by molar-refractivity contribution is 5.89. The van der Waals surface area contributed by atoms with Gasteiger partial charge in [0, 0.05) is 17.6 Å². The van der Waals surface area contributed by atoms with Crippen molar-refractivity contribution in [3.05, 3.63) is 29.8 Å². The molecule has 0 aliphatic heterocycles. The normalized spacial score (nSPS) is 10.9. The lowest BCUT2D eigenvalue weighted by Crippen LogP contribution is -2.45. The Kier molecular flexibility index (Phi) is 5.55. The molecule has 1 rings (SSSR count). The highest BCUT2D eigenvalue weighted by atomic mass is 16.4. The van der Waals surface area contributed by atoms with Gasteiger partial charge in [-0.05, 0) is 44.4 Å². The van der Waals surface area contributed by atoms with Gasteiger partial charge >= 0.3 is 12.0 Å². The standard InChI is InChI=1S/C15H22N2O3/c1-4-15(2,3)17-14(20)16-12-7-5-6-11(10-12)8-9-13(18)19/h5-7,10H,4,8-9H2,1-3H3,(H,18,19)(H2,16,17,20). The Hall–Kier alpha value is -2.04. The number of anilines is 1. The van der Waals surface area contributed by atoms with Crippen LogP contribution in [0.5, 0.6) is 0 Å². The molecule has 2 amide bonds. The van der Waals surface area contributed by atoms with E-state index in [1.165, 1.54) is 0 Å². The van der Waals surface area contributed by atoms with Crippen LogP contribution >= 0.6 is 0 Å². The van der Waals surface area contributed by atoms with E-state index in [4.69, 9.17) is 5.11 Å². The lowest BCUT2D eigenvalue weighted by molar-refractivity contribution is -0.136. The Balaban J connectivity index is 2.61. The Morgan fingerprint density at radius 2 is 2.00 bits per heavy atom. The number of carbonyl (C=O) groups excluding carboxylic acids is 1. The summed E-state index contributed by atoms with van der Waals surface area (Å²) in [6.07, 6.45) is 1.37. The molecular formula is C15H22N2O3. The van der Waals surface area contributed by atoms with Gasteiger partial charge in [-0.1, -0.05) is 19.1 Å². The van der Waals surface area contributed by atoms with Crippen molar-refractivity contribution in [2.45, 2.75) is 45.6 Å². The molecule has 0 radical (unpaired) electrons. The zero-order chi connectivity index (χ0) is 15.2. The number of nitrogens with one attached hydrogen (secondary N) is 2. The van der Waals surface area contributed by atoms with Gasteiger partial charge in [-0.25, -0.2) is 4.79 Å². The third kappa shape index (κ3) is 5.73. The average molecular weight is 278 g/mol. The number of carbonyl (C=O) groups is 2. The first kappa shape index (κ1) is 16.0. The molecule has 0 saturated carbocycles. The Labute approximate surface area is 119 Å². The van der Waals surface area contributed by atoms with Crippen LogP contribution in [0.2, 0.25) is 0 Å². The van der Waals surface area contributed by atoms with E-state index in [1.807, 2.05) is 26.8 Å². The molecule has 0 atom stereocenters.